The van der Waals surface area contributed by atoms with Gasteiger partial charge in [-0.25, -0.2) is 0 Å². The van der Waals surface area contributed by atoms with E-state index in [-0.39, 0.29) is 11.8 Å². The van der Waals surface area contributed by atoms with Gasteiger partial charge in [-0.1, -0.05) is 34.1 Å². The summed E-state index contributed by atoms with van der Waals surface area (Å²) in [6.45, 7) is 9.24. The molecule has 0 bridgehead atoms. The monoisotopic (exact) mass is 269 g/mol. The number of carboxylic acid groups (broad SMARTS) is 1. The zero-order valence-electron chi connectivity index (χ0n) is 12.6. The van der Waals surface area contributed by atoms with E-state index in [1.807, 2.05) is 32.6 Å². The maximum Gasteiger partial charge on any atom is 0.309 e. The molecule has 0 saturated carbocycles. The van der Waals surface area contributed by atoms with Gasteiger partial charge in [0.1, 0.15) is 0 Å². The largest absolute Gasteiger partial charge is 0.481 e. The Bertz CT molecular complexity index is 330. The molecule has 0 aromatic rings. The van der Waals surface area contributed by atoms with Crippen LogP contribution in [0.25, 0.3) is 0 Å². The highest BCUT2D eigenvalue weighted by atomic mass is 16.4. The second-order valence-electron chi connectivity index (χ2n) is 6.19. The minimum absolute atomic E-state index is 0.0171. The summed E-state index contributed by atoms with van der Waals surface area (Å²) < 4.78 is 0. The van der Waals surface area contributed by atoms with Crippen LogP contribution in [-0.4, -0.2) is 35.0 Å². The third-order valence-corrected chi connectivity index (χ3v) is 4.60. The van der Waals surface area contributed by atoms with Crippen LogP contribution in [0.15, 0.2) is 0 Å². The lowest BCUT2D eigenvalue weighted by molar-refractivity contribution is -0.155. The molecular weight excluding hydrogens is 242 g/mol. The van der Waals surface area contributed by atoms with Gasteiger partial charge in [0.2, 0.25) is 5.91 Å². The van der Waals surface area contributed by atoms with E-state index in [9.17, 15) is 14.7 Å². The molecule has 110 valence electrons. The summed E-state index contributed by atoms with van der Waals surface area (Å²) in [4.78, 5) is 25.6. The first-order valence-electron chi connectivity index (χ1n) is 7.36. The van der Waals surface area contributed by atoms with E-state index in [2.05, 4.69) is 0 Å². The van der Waals surface area contributed by atoms with Gasteiger partial charge in [0.05, 0.1) is 5.41 Å². The number of hydrogen-bond donors (Lipinski definition) is 1. The van der Waals surface area contributed by atoms with Crippen molar-refractivity contribution in [1.82, 2.24) is 4.90 Å². The number of carbonyl (C=O) groups excluding carboxylic acids is 1. The van der Waals surface area contributed by atoms with Gasteiger partial charge in [0, 0.05) is 19.0 Å². The molecular formula is C15H27NO3. The van der Waals surface area contributed by atoms with Gasteiger partial charge in [-0.05, 0) is 25.2 Å². The second-order valence-corrected chi connectivity index (χ2v) is 6.19. The summed E-state index contributed by atoms with van der Waals surface area (Å²) in [5.41, 5.74) is -0.605. The summed E-state index contributed by atoms with van der Waals surface area (Å²) in [7, 11) is 0. The van der Waals surface area contributed by atoms with Gasteiger partial charge in [-0.2, -0.15) is 0 Å². The third kappa shape index (κ3) is 3.48. The van der Waals surface area contributed by atoms with Crippen molar-refractivity contribution in [3.05, 3.63) is 0 Å². The molecule has 1 aliphatic rings. The fourth-order valence-corrected chi connectivity index (χ4v) is 2.78. The molecule has 0 spiro atoms. The molecule has 0 aromatic heterocycles. The summed E-state index contributed by atoms with van der Waals surface area (Å²) >= 11 is 0. The number of nitrogens with zero attached hydrogens (tertiary/aromatic N) is 1. The minimum atomic E-state index is -0.696. The first kappa shape index (κ1) is 16.0. The van der Waals surface area contributed by atoms with Crippen LogP contribution < -0.4 is 0 Å². The maximum atomic E-state index is 12.3. The Balaban J connectivity index is 2.66. The van der Waals surface area contributed by atoms with Gasteiger partial charge in [0.25, 0.3) is 0 Å². The number of hydrogen-bond acceptors (Lipinski definition) is 2. The number of carbonyl (C=O) groups is 2. The fraction of sp³-hybridized carbons (Fsp3) is 0.867. The molecule has 1 rings (SSSR count). The molecule has 1 saturated heterocycles. The number of piperidine rings is 1. The van der Waals surface area contributed by atoms with Crippen LogP contribution in [-0.2, 0) is 9.59 Å². The lowest BCUT2D eigenvalue weighted by Crippen LogP contribution is -2.48. The van der Waals surface area contributed by atoms with E-state index in [1.165, 1.54) is 0 Å². The van der Waals surface area contributed by atoms with E-state index < -0.39 is 11.4 Å². The van der Waals surface area contributed by atoms with Crippen molar-refractivity contribution in [1.29, 1.82) is 0 Å². The lowest BCUT2D eigenvalue weighted by Gasteiger charge is -2.40. The molecule has 1 N–H and O–H groups in total. The lowest BCUT2D eigenvalue weighted by atomic mass is 9.74. The summed E-state index contributed by atoms with van der Waals surface area (Å²) in [5, 5.41) is 9.44. The second kappa shape index (κ2) is 6.40. The third-order valence-electron chi connectivity index (χ3n) is 4.60. The average Bonchev–Trinajstić information content (AvgIpc) is 2.37. The molecule has 1 heterocycles. The smallest absolute Gasteiger partial charge is 0.309 e. The van der Waals surface area contributed by atoms with Crippen molar-refractivity contribution >= 4 is 11.9 Å². The molecule has 19 heavy (non-hydrogen) atoms. The van der Waals surface area contributed by atoms with Gasteiger partial charge < -0.3 is 10.0 Å². The Morgan fingerprint density at radius 2 is 1.74 bits per heavy atom. The fourth-order valence-electron chi connectivity index (χ4n) is 2.78. The molecule has 4 heteroatoms. The summed E-state index contributed by atoms with van der Waals surface area (Å²) in [6.07, 6.45) is 2.77. The molecule has 1 amide bonds. The molecule has 1 fully saturated rings. The quantitative estimate of drug-likeness (QED) is 0.835. The van der Waals surface area contributed by atoms with Crippen LogP contribution in [0.5, 0.6) is 0 Å². The van der Waals surface area contributed by atoms with Crippen LogP contribution in [0.3, 0.4) is 0 Å². The number of carboxylic acids is 1. The van der Waals surface area contributed by atoms with E-state index in [4.69, 9.17) is 0 Å². The molecule has 1 unspecified atom stereocenters. The first-order valence-corrected chi connectivity index (χ1v) is 7.36. The summed E-state index contributed by atoms with van der Waals surface area (Å²) in [6, 6.07) is 0. The van der Waals surface area contributed by atoms with Crippen LogP contribution in [0.4, 0.5) is 0 Å². The van der Waals surface area contributed by atoms with Crippen molar-refractivity contribution in [3.63, 3.8) is 0 Å². The maximum absolute atomic E-state index is 12.3. The molecule has 1 aliphatic heterocycles. The molecule has 0 aliphatic carbocycles. The standard InChI is InChI=1S/C15H27NO3/c1-5-6-15(14(18)19)7-9-16(10-8-15)13(17)12(4)11(2)3/h11-12H,5-10H2,1-4H3,(H,18,19). The van der Waals surface area contributed by atoms with E-state index in [1.54, 1.807) is 0 Å². The SMILES string of the molecule is CCCC1(C(=O)O)CCN(C(=O)C(C)C(C)C)CC1. The Kier molecular flexibility index (Phi) is 5.39. The van der Waals surface area contributed by atoms with Gasteiger partial charge in [-0.15, -0.1) is 0 Å². The Labute approximate surface area is 116 Å². The Morgan fingerprint density at radius 1 is 1.21 bits per heavy atom. The summed E-state index contributed by atoms with van der Waals surface area (Å²) in [5.74, 6) is -0.179. The highest BCUT2D eigenvalue weighted by Gasteiger charge is 2.42. The van der Waals surface area contributed by atoms with Crippen molar-refractivity contribution in [2.75, 3.05) is 13.1 Å². The van der Waals surface area contributed by atoms with Gasteiger partial charge in [-0.3, -0.25) is 9.59 Å². The predicted octanol–water partition coefficient (Wildman–Crippen LogP) is 2.77. The number of aliphatic carboxylic acids is 1. The highest BCUT2D eigenvalue weighted by molar-refractivity contribution is 5.80. The molecule has 0 radical (unpaired) electrons. The number of amides is 1. The minimum Gasteiger partial charge on any atom is -0.481 e. The van der Waals surface area contributed by atoms with Crippen LogP contribution in [0.1, 0.15) is 53.4 Å². The molecule has 4 nitrogen and oxygen atoms in total. The topological polar surface area (TPSA) is 57.6 Å². The normalized spacial score (nSPS) is 20.4. The van der Waals surface area contributed by atoms with Crippen LogP contribution in [0.2, 0.25) is 0 Å². The molecule has 1 atom stereocenters. The Morgan fingerprint density at radius 3 is 2.11 bits per heavy atom. The van der Waals surface area contributed by atoms with Crippen molar-refractivity contribution in [3.8, 4) is 0 Å². The van der Waals surface area contributed by atoms with Crippen LogP contribution >= 0.6 is 0 Å². The zero-order chi connectivity index (χ0) is 14.6. The van der Waals surface area contributed by atoms with Crippen molar-refractivity contribution in [2.24, 2.45) is 17.3 Å². The Hall–Kier alpha value is -1.06. The van der Waals surface area contributed by atoms with Crippen molar-refractivity contribution < 1.29 is 14.7 Å². The average molecular weight is 269 g/mol. The van der Waals surface area contributed by atoms with Crippen molar-refractivity contribution in [2.45, 2.75) is 53.4 Å². The van der Waals surface area contributed by atoms with E-state index >= 15 is 0 Å². The van der Waals surface area contributed by atoms with Gasteiger partial charge >= 0.3 is 5.97 Å². The number of likely N-dealkylation sites (tertiary alicyclic amines) is 1. The first-order chi connectivity index (χ1) is 8.84. The van der Waals surface area contributed by atoms with Crippen LogP contribution in [0, 0.1) is 17.3 Å². The zero-order valence-corrected chi connectivity index (χ0v) is 12.6. The molecule has 0 aromatic carbocycles. The highest BCUT2D eigenvalue weighted by Crippen LogP contribution is 2.37. The van der Waals surface area contributed by atoms with E-state index in [0.717, 1.165) is 6.42 Å². The predicted molar refractivity (Wildman–Crippen MR) is 74.8 cm³/mol. The number of rotatable bonds is 5. The van der Waals surface area contributed by atoms with Gasteiger partial charge in [0.15, 0.2) is 0 Å². The van der Waals surface area contributed by atoms with E-state index in [0.29, 0.717) is 38.3 Å².